The third kappa shape index (κ3) is 9.80. The van der Waals surface area contributed by atoms with Gasteiger partial charge in [-0.3, -0.25) is 14.4 Å². The van der Waals surface area contributed by atoms with E-state index in [1.165, 1.54) is 37.4 Å². The summed E-state index contributed by atoms with van der Waals surface area (Å²) in [5.74, 6) is 1.23. The van der Waals surface area contributed by atoms with E-state index in [2.05, 4.69) is 0 Å². The van der Waals surface area contributed by atoms with Gasteiger partial charge < -0.3 is 0 Å². The van der Waals surface area contributed by atoms with Crippen LogP contribution in [0.4, 0.5) is 0 Å². The largest absolute Gasteiger partial charge is 0.300 e. The predicted molar refractivity (Wildman–Crippen MR) is 60.5 cm³/mol. The Labute approximate surface area is 92.4 Å². The highest BCUT2D eigenvalue weighted by molar-refractivity contribution is 8.13. The van der Waals surface area contributed by atoms with Gasteiger partial charge in [0, 0.05) is 38.2 Å². The van der Waals surface area contributed by atoms with Gasteiger partial charge in [-0.25, -0.2) is 0 Å². The maximum Gasteiger partial charge on any atom is 0.185 e. The molecule has 0 aliphatic rings. The Morgan fingerprint density at radius 1 is 0.857 bits per heavy atom. The van der Waals surface area contributed by atoms with Gasteiger partial charge in [0.25, 0.3) is 0 Å². The van der Waals surface area contributed by atoms with Crippen molar-refractivity contribution in [2.45, 2.75) is 26.7 Å². The van der Waals surface area contributed by atoms with Crippen molar-refractivity contribution in [3.05, 3.63) is 0 Å². The first-order valence-corrected chi connectivity index (χ1v) is 6.28. The van der Waals surface area contributed by atoms with E-state index in [1.807, 2.05) is 0 Å². The number of thioether (sulfide) groups is 2. The summed E-state index contributed by atoms with van der Waals surface area (Å²) in [4.78, 5) is 32.2. The van der Waals surface area contributed by atoms with Gasteiger partial charge in [-0.05, 0) is 0 Å². The molecule has 0 aliphatic heterocycles. The fourth-order valence-corrected chi connectivity index (χ4v) is 1.98. The lowest BCUT2D eigenvalue weighted by atomic mass is 10.2. The molecule has 3 nitrogen and oxygen atoms in total. The zero-order valence-corrected chi connectivity index (χ0v) is 10.0. The molecule has 80 valence electrons. The van der Waals surface area contributed by atoms with Crippen LogP contribution < -0.4 is 0 Å². The number of carbonyl (C=O) groups is 3. The van der Waals surface area contributed by atoms with Crippen molar-refractivity contribution in [2.24, 2.45) is 0 Å². The minimum absolute atomic E-state index is 0.0379. The molecule has 0 aromatic carbocycles. The van der Waals surface area contributed by atoms with Crippen LogP contribution >= 0.6 is 23.5 Å². The zero-order chi connectivity index (χ0) is 11.0. The molecule has 0 spiro atoms. The molecule has 0 N–H and O–H groups in total. The number of hydrogen-bond acceptors (Lipinski definition) is 5. The molecule has 0 heterocycles. The third-order valence-electron chi connectivity index (χ3n) is 1.37. The van der Waals surface area contributed by atoms with Crippen molar-refractivity contribution in [1.82, 2.24) is 0 Å². The van der Waals surface area contributed by atoms with E-state index >= 15 is 0 Å². The molecule has 0 fully saturated rings. The maximum atomic E-state index is 11.2. The summed E-state index contributed by atoms with van der Waals surface area (Å²) in [6.07, 6.45) is 0.839. The molecule has 0 bridgehead atoms. The van der Waals surface area contributed by atoms with Crippen LogP contribution in [0.25, 0.3) is 0 Å². The molecular weight excluding hydrogens is 220 g/mol. The first-order valence-electron chi connectivity index (χ1n) is 4.31. The first kappa shape index (κ1) is 13.7. The Morgan fingerprint density at radius 2 is 1.21 bits per heavy atom. The number of rotatable bonds is 6. The second kappa shape index (κ2) is 8.05. The van der Waals surface area contributed by atoms with Crippen molar-refractivity contribution in [3.63, 3.8) is 0 Å². The molecule has 0 saturated carbocycles. The van der Waals surface area contributed by atoms with Crippen LogP contribution in [-0.4, -0.2) is 27.5 Å². The third-order valence-corrected chi connectivity index (χ3v) is 3.00. The standard InChI is InChI=1S/C9H14O3S2/c1-7(10)13-5-3-9(12)4-6-14-8(2)11/h3-6H2,1-2H3. The van der Waals surface area contributed by atoms with Crippen molar-refractivity contribution < 1.29 is 14.4 Å². The number of Topliss-reactive ketones (excluding diaryl/α,β-unsaturated/α-hetero) is 1. The Morgan fingerprint density at radius 3 is 1.50 bits per heavy atom. The van der Waals surface area contributed by atoms with E-state index in [0.29, 0.717) is 24.3 Å². The van der Waals surface area contributed by atoms with Gasteiger partial charge in [0.05, 0.1) is 0 Å². The van der Waals surface area contributed by atoms with E-state index in [-0.39, 0.29) is 16.0 Å². The molecular formula is C9H14O3S2. The van der Waals surface area contributed by atoms with Crippen molar-refractivity contribution in [3.8, 4) is 0 Å². The van der Waals surface area contributed by atoms with Gasteiger partial charge in [-0.2, -0.15) is 0 Å². The van der Waals surface area contributed by atoms with Gasteiger partial charge in [0.15, 0.2) is 10.2 Å². The molecule has 0 aliphatic carbocycles. The van der Waals surface area contributed by atoms with Crippen LogP contribution in [0.2, 0.25) is 0 Å². The van der Waals surface area contributed by atoms with Crippen molar-refractivity contribution in [2.75, 3.05) is 11.5 Å². The predicted octanol–water partition coefficient (Wildman–Crippen LogP) is 1.90. The van der Waals surface area contributed by atoms with Gasteiger partial charge in [-0.1, -0.05) is 23.5 Å². The van der Waals surface area contributed by atoms with Crippen LogP contribution in [0.1, 0.15) is 26.7 Å². The van der Waals surface area contributed by atoms with Crippen LogP contribution in [0.5, 0.6) is 0 Å². The summed E-state index contributed by atoms with van der Waals surface area (Å²) in [7, 11) is 0. The summed E-state index contributed by atoms with van der Waals surface area (Å²) in [6, 6.07) is 0. The summed E-state index contributed by atoms with van der Waals surface area (Å²) in [6.45, 7) is 2.97. The summed E-state index contributed by atoms with van der Waals surface area (Å²) in [5.41, 5.74) is 0. The molecule has 0 radical (unpaired) electrons. The Hall–Kier alpha value is -0.290. The molecule has 0 aromatic rings. The zero-order valence-electron chi connectivity index (χ0n) is 8.37. The Bertz CT molecular complexity index is 204. The highest BCUT2D eigenvalue weighted by Gasteiger charge is 2.04. The lowest BCUT2D eigenvalue weighted by Crippen LogP contribution is -2.02. The van der Waals surface area contributed by atoms with E-state index in [0.717, 1.165) is 0 Å². The molecule has 0 unspecified atom stereocenters. The summed E-state index contributed by atoms with van der Waals surface area (Å²) in [5, 5.41) is 0.0758. The van der Waals surface area contributed by atoms with Crippen molar-refractivity contribution in [1.29, 1.82) is 0 Å². The summed E-state index contributed by atoms with van der Waals surface area (Å²) < 4.78 is 0. The second-order valence-electron chi connectivity index (χ2n) is 2.72. The Balaban J connectivity index is 3.37. The van der Waals surface area contributed by atoms with Gasteiger partial charge in [0.2, 0.25) is 0 Å². The summed E-state index contributed by atoms with van der Waals surface area (Å²) >= 11 is 2.33. The molecule has 0 aromatic heterocycles. The topological polar surface area (TPSA) is 51.2 Å². The second-order valence-corrected chi connectivity index (χ2v) is 5.26. The average Bonchev–Trinajstić information content (AvgIpc) is 2.02. The Kier molecular flexibility index (Phi) is 7.89. The minimum atomic E-state index is 0.0379. The number of carbonyl (C=O) groups excluding carboxylic acids is 3. The normalized spacial score (nSPS) is 9.86. The SMILES string of the molecule is CC(=O)SCCC(=O)CCSC(C)=O. The van der Waals surface area contributed by atoms with E-state index in [9.17, 15) is 14.4 Å². The molecule has 0 saturated heterocycles. The van der Waals surface area contributed by atoms with Crippen LogP contribution in [0, 0.1) is 0 Å². The lowest BCUT2D eigenvalue weighted by molar-refractivity contribution is -0.118. The number of hydrogen-bond donors (Lipinski definition) is 0. The van der Waals surface area contributed by atoms with Crippen LogP contribution in [-0.2, 0) is 14.4 Å². The lowest BCUT2D eigenvalue weighted by Gasteiger charge is -1.98. The molecule has 14 heavy (non-hydrogen) atoms. The molecule has 0 atom stereocenters. The first-order chi connectivity index (χ1) is 6.52. The number of ketones is 1. The smallest absolute Gasteiger partial charge is 0.185 e. The van der Waals surface area contributed by atoms with Crippen molar-refractivity contribution >= 4 is 39.5 Å². The molecule has 0 amide bonds. The fourth-order valence-electron chi connectivity index (χ4n) is 0.742. The van der Waals surface area contributed by atoms with Gasteiger partial charge >= 0.3 is 0 Å². The molecule has 5 heteroatoms. The van der Waals surface area contributed by atoms with Gasteiger partial charge in [0.1, 0.15) is 5.78 Å². The fraction of sp³-hybridized carbons (Fsp3) is 0.667. The highest BCUT2D eigenvalue weighted by atomic mass is 32.2. The van der Waals surface area contributed by atoms with E-state index in [1.54, 1.807) is 0 Å². The molecule has 0 rings (SSSR count). The van der Waals surface area contributed by atoms with Crippen LogP contribution in [0.3, 0.4) is 0 Å². The van der Waals surface area contributed by atoms with Gasteiger partial charge in [-0.15, -0.1) is 0 Å². The maximum absolute atomic E-state index is 11.2. The van der Waals surface area contributed by atoms with Crippen LogP contribution in [0.15, 0.2) is 0 Å². The quantitative estimate of drug-likeness (QED) is 0.702. The minimum Gasteiger partial charge on any atom is -0.300 e. The monoisotopic (exact) mass is 234 g/mol. The average molecular weight is 234 g/mol. The van der Waals surface area contributed by atoms with E-state index in [4.69, 9.17) is 0 Å². The van der Waals surface area contributed by atoms with E-state index < -0.39 is 0 Å². The highest BCUT2D eigenvalue weighted by Crippen LogP contribution is 2.08.